The minimum absolute atomic E-state index is 0.120. The second kappa shape index (κ2) is 7.67. The first-order valence-corrected chi connectivity index (χ1v) is 7.01. The molecule has 0 spiro atoms. The van der Waals surface area contributed by atoms with Crippen LogP contribution in [0.4, 0.5) is 5.69 Å². The normalized spacial score (nSPS) is 10.8. The summed E-state index contributed by atoms with van der Waals surface area (Å²) in [6.45, 7) is 7.41. The summed E-state index contributed by atoms with van der Waals surface area (Å²) in [5, 5.41) is 0. The quantitative estimate of drug-likeness (QED) is 0.644. The molecule has 0 aliphatic heterocycles. The first-order valence-electron chi connectivity index (χ1n) is 7.01. The maximum Gasteiger partial charge on any atom is 0.308 e. The van der Waals surface area contributed by atoms with Gasteiger partial charge < -0.3 is 15.2 Å². The van der Waals surface area contributed by atoms with Gasteiger partial charge in [-0.05, 0) is 17.7 Å². The minimum Gasteiger partial charge on any atom is -0.461 e. The van der Waals surface area contributed by atoms with Gasteiger partial charge in [0.1, 0.15) is 13.2 Å². The number of rotatable bonds is 6. The molecule has 0 saturated heterocycles. The van der Waals surface area contributed by atoms with Crippen molar-refractivity contribution in [2.45, 2.75) is 40.9 Å². The molecule has 0 saturated carbocycles. The maximum atomic E-state index is 11.5. The van der Waals surface area contributed by atoms with Gasteiger partial charge in [-0.2, -0.15) is 0 Å². The number of nitrogen functional groups attached to an aromatic ring is 1. The molecule has 0 atom stereocenters. The standard InChI is InChI=1S/C16H23NO4/c1-10(2)15(18)20-8-12-5-6-14(17)13(7-12)9-21-16(19)11(3)4/h5-7,10-11H,8-9,17H2,1-4H3. The number of nitrogens with two attached hydrogens (primary N) is 1. The van der Waals surface area contributed by atoms with Gasteiger partial charge in [0.25, 0.3) is 0 Å². The average Bonchev–Trinajstić information content (AvgIpc) is 2.43. The Morgan fingerprint density at radius 2 is 1.52 bits per heavy atom. The zero-order valence-electron chi connectivity index (χ0n) is 13.0. The lowest BCUT2D eigenvalue weighted by Crippen LogP contribution is -2.13. The lowest BCUT2D eigenvalue weighted by Gasteiger charge is -2.12. The molecule has 5 heteroatoms. The van der Waals surface area contributed by atoms with Crippen molar-refractivity contribution in [3.63, 3.8) is 0 Å². The highest BCUT2D eigenvalue weighted by atomic mass is 16.5. The second-order valence-electron chi connectivity index (χ2n) is 5.56. The van der Waals surface area contributed by atoms with Crippen LogP contribution in [0.5, 0.6) is 0 Å². The molecule has 1 rings (SSSR count). The van der Waals surface area contributed by atoms with E-state index < -0.39 is 0 Å². The van der Waals surface area contributed by atoms with Crippen LogP contribution in [-0.4, -0.2) is 11.9 Å². The van der Waals surface area contributed by atoms with Gasteiger partial charge >= 0.3 is 11.9 Å². The molecule has 0 aliphatic rings. The highest BCUT2D eigenvalue weighted by Crippen LogP contribution is 2.17. The molecule has 5 nitrogen and oxygen atoms in total. The van der Waals surface area contributed by atoms with Gasteiger partial charge in [-0.1, -0.05) is 33.8 Å². The molecule has 0 heterocycles. The molecule has 0 bridgehead atoms. The van der Waals surface area contributed by atoms with Gasteiger partial charge in [-0.15, -0.1) is 0 Å². The largest absolute Gasteiger partial charge is 0.461 e. The fraction of sp³-hybridized carbons (Fsp3) is 0.500. The Morgan fingerprint density at radius 3 is 2.05 bits per heavy atom. The molecule has 0 unspecified atom stereocenters. The van der Waals surface area contributed by atoms with Crippen LogP contribution in [0.3, 0.4) is 0 Å². The van der Waals surface area contributed by atoms with Gasteiger partial charge in [0.15, 0.2) is 0 Å². The van der Waals surface area contributed by atoms with E-state index in [-0.39, 0.29) is 37.0 Å². The first kappa shape index (κ1) is 17.0. The first-order chi connectivity index (χ1) is 9.81. The molecule has 21 heavy (non-hydrogen) atoms. The fourth-order valence-electron chi connectivity index (χ4n) is 1.51. The predicted octanol–water partition coefficient (Wildman–Crippen LogP) is 2.67. The lowest BCUT2D eigenvalue weighted by molar-refractivity contribution is -0.149. The van der Waals surface area contributed by atoms with E-state index in [1.165, 1.54) is 0 Å². The highest BCUT2D eigenvalue weighted by molar-refractivity contribution is 5.72. The molecular weight excluding hydrogens is 270 g/mol. The number of ether oxygens (including phenoxy) is 2. The van der Waals surface area contributed by atoms with Crippen LogP contribution >= 0.6 is 0 Å². The van der Waals surface area contributed by atoms with Crippen molar-refractivity contribution in [3.05, 3.63) is 29.3 Å². The van der Waals surface area contributed by atoms with E-state index in [0.717, 1.165) is 5.56 Å². The van der Waals surface area contributed by atoms with Crippen LogP contribution in [0.25, 0.3) is 0 Å². The third-order valence-electron chi connectivity index (χ3n) is 2.90. The monoisotopic (exact) mass is 293 g/mol. The Labute approximate surface area is 125 Å². The van der Waals surface area contributed by atoms with E-state index in [9.17, 15) is 9.59 Å². The summed E-state index contributed by atoms with van der Waals surface area (Å²) in [5.41, 5.74) is 7.93. The zero-order chi connectivity index (χ0) is 16.0. The van der Waals surface area contributed by atoms with E-state index in [0.29, 0.717) is 11.3 Å². The lowest BCUT2D eigenvalue weighted by atomic mass is 10.1. The third-order valence-corrected chi connectivity index (χ3v) is 2.90. The van der Waals surface area contributed by atoms with Gasteiger partial charge in [-0.3, -0.25) is 9.59 Å². The van der Waals surface area contributed by atoms with Crippen molar-refractivity contribution in [2.75, 3.05) is 5.73 Å². The number of hydrogen-bond donors (Lipinski definition) is 1. The van der Waals surface area contributed by atoms with Crippen LogP contribution in [0.2, 0.25) is 0 Å². The SMILES string of the molecule is CC(C)C(=O)OCc1ccc(N)c(COC(=O)C(C)C)c1. The summed E-state index contributed by atoms with van der Waals surface area (Å²) in [6, 6.07) is 5.30. The smallest absolute Gasteiger partial charge is 0.308 e. The Hall–Kier alpha value is -2.04. The summed E-state index contributed by atoms with van der Waals surface area (Å²) < 4.78 is 10.3. The van der Waals surface area contributed by atoms with Gasteiger partial charge in [0.05, 0.1) is 11.8 Å². The highest BCUT2D eigenvalue weighted by Gasteiger charge is 2.11. The van der Waals surface area contributed by atoms with Crippen LogP contribution in [0, 0.1) is 11.8 Å². The van der Waals surface area contributed by atoms with Crippen molar-refractivity contribution in [1.82, 2.24) is 0 Å². The number of carbonyl (C=O) groups excluding carboxylic acids is 2. The average molecular weight is 293 g/mol. The summed E-state index contributed by atoms with van der Waals surface area (Å²) in [4.78, 5) is 22.9. The minimum atomic E-state index is -0.272. The zero-order valence-corrected chi connectivity index (χ0v) is 13.0. The summed E-state index contributed by atoms with van der Waals surface area (Å²) >= 11 is 0. The number of esters is 2. The van der Waals surface area contributed by atoms with Crippen LogP contribution < -0.4 is 5.73 Å². The molecule has 0 aromatic heterocycles. The Balaban J connectivity index is 2.67. The van der Waals surface area contributed by atoms with Crippen LogP contribution in [0.15, 0.2) is 18.2 Å². The van der Waals surface area contributed by atoms with Crippen molar-refractivity contribution < 1.29 is 19.1 Å². The number of carbonyl (C=O) groups is 2. The van der Waals surface area contributed by atoms with Crippen molar-refractivity contribution >= 4 is 17.6 Å². The molecule has 0 aliphatic carbocycles. The van der Waals surface area contributed by atoms with Crippen molar-refractivity contribution in [1.29, 1.82) is 0 Å². The number of benzene rings is 1. The predicted molar refractivity (Wildman–Crippen MR) is 80.1 cm³/mol. The molecule has 0 fully saturated rings. The van der Waals surface area contributed by atoms with Crippen molar-refractivity contribution in [3.8, 4) is 0 Å². The molecular formula is C16H23NO4. The molecule has 116 valence electrons. The van der Waals surface area contributed by atoms with E-state index in [1.54, 1.807) is 45.9 Å². The maximum absolute atomic E-state index is 11.5. The topological polar surface area (TPSA) is 78.6 Å². The Bertz CT molecular complexity index is 509. The number of anilines is 1. The third kappa shape index (κ3) is 5.45. The van der Waals surface area contributed by atoms with E-state index in [2.05, 4.69) is 0 Å². The Morgan fingerprint density at radius 1 is 1.00 bits per heavy atom. The van der Waals surface area contributed by atoms with Crippen LogP contribution in [-0.2, 0) is 32.3 Å². The van der Waals surface area contributed by atoms with Gasteiger partial charge in [-0.25, -0.2) is 0 Å². The summed E-state index contributed by atoms with van der Waals surface area (Å²) in [6.07, 6.45) is 0. The van der Waals surface area contributed by atoms with E-state index in [1.807, 2.05) is 0 Å². The Kier molecular flexibility index (Phi) is 6.21. The summed E-state index contributed by atoms with van der Waals surface area (Å²) in [5.74, 6) is -0.864. The fourth-order valence-corrected chi connectivity index (χ4v) is 1.51. The molecule has 0 radical (unpaired) electrons. The molecule has 1 aromatic carbocycles. The van der Waals surface area contributed by atoms with E-state index in [4.69, 9.17) is 15.2 Å². The van der Waals surface area contributed by atoms with Gasteiger partial charge in [0.2, 0.25) is 0 Å². The van der Waals surface area contributed by atoms with Crippen molar-refractivity contribution in [2.24, 2.45) is 11.8 Å². The summed E-state index contributed by atoms with van der Waals surface area (Å²) in [7, 11) is 0. The molecule has 0 amide bonds. The van der Waals surface area contributed by atoms with Gasteiger partial charge in [0, 0.05) is 11.3 Å². The van der Waals surface area contributed by atoms with Crippen LogP contribution in [0.1, 0.15) is 38.8 Å². The second-order valence-corrected chi connectivity index (χ2v) is 5.56. The number of hydrogen-bond acceptors (Lipinski definition) is 5. The van der Waals surface area contributed by atoms with E-state index >= 15 is 0 Å². The molecule has 2 N–H and O–H groups in total. The molecule has 1 aromatic rings.